The van der Waals surface area contributed by atoms with Crippen molar-refractivity contribution in [2.24, 2.45) is 17.3 Å². The van der Waals surface area contributed by atoms with E-state index in [1.807, 2.05) is 6.92 Å². The fourth-order valence-electron chi connectivity index (χ4n) is 3.89. The molecule has 1 saturated heterocycles. The van der Waals surface area contributed by atoms with Gasteiger partial charge < -0.3 is 10.0 Å². The molecule has 1 aliphatic carbocycles. The smallest absolute Gasteiger partial charge is 0.0545 e. The molecule has 1 saturated carbocycles. The third-order valence-electron chi connectivity index (χ3n) is 5.37. The Morgan fingerprint density at radius 2 is 1.88 bits per heavy atom. The summed E-state index contributed by atoms with van der Waals surface area (Å²) in [6.07, 6.45) is 6.65. The van der Waals surface area contributed by atoms with Crippen LogP contribution in [0.25, 0.3) is 0 Å². The average Bonchev–Trinajstić information content (AvgIpc) is 2.28. The van der Waals surface area contributed by atoms with Gasteiger partial charge in [-0.1, -0.05) is 20.3 Å². The topological polar surface area (TPSA) is 23.5 Å². The number of aliphatic hydroxyl groups is 1. The first-order valence-corrected chi connectivity index (χ1v) is 7.42. The molecule has 2 nitrogen and oxygen atoms in total. The van der Waals surface area contributed by atoms with Crippen LogP contribution < -0.4 is 0 Å². The van der Waals surface area contributed by atoms with E-state index < -0.39 is 0 Å². The van der Waals surface area contributed by atoms with E-state index in [1.165, 1.54) is 51.7 Å². The first-order valence-electron chi connectivity index (χ1n) is 7.42. The molecule has 1 N–H and O–H groups in total. The van der Waals surface area contributed by atoms with E-state index >= 15 is 0 Å². The Morgan fingerprint density at radius 3 is 2.41 bits per heavy atom. The molecule has 0 aromatic carbocycles. The second kappa shape index (κ2) is 5.27. The van der Waals surface area contributed by atoms with Gasteiger partial charge in [0.15, 0.2) is 0 Å². The first kappa shape index (κ1) is 13.4. The number of rotatable bonds is 4. The monoisotopic (exact) mass is 239 g/mol. The minimum Gasteiger partial charge on any atom is -0.393 e. The molecule has 2 fully saturated rings. The van der Waals surface area contributed by atoms with Crippen molar-refractivity contribution in [3.05, 3.63) is 0 Å². The number of aliphatic hydroxyl groups excluding tert-OH is 1. The van der Waals surface area contributed by atoms with Gasteiger partial charge in [0.05, 0.1) is 6.10 Å². The van der Waals surface area contributed by atoms with Gasteiger partial charge in [0.1, 0.15) is 0 Å². The van der Waals surface area contributed by atoms with E-state index in [4.69, 9.17) is 0 Å². The normalized spacial score (nSPS) is 35.3. The van der Waals surface area contributed by atoms with Crippen LogP contribution in [-0.2, 0) is 0 Å². The molecule has 3 unspecified atom stereocenters. The van der Waals surface area contributed by atoms with E-state index in [0.29, 0.717) is 11.3 Å². The zero-order valence-corrected chi connectivity index (χ0v) is 11.8. The van der Waals surface area contributed by atoms with Crippen LogP contribution >= 0.6 is 0 Å². The maximum absolute atomic E-state index is 9.73. The number of nitrogens with zero attached hydrogens (tertiary/aromatic N) is 1. The lowest BCUT2D eigenvalue weighted by atomic mass is 9.52. The van der Waals surface area contributed by atoms with Gasteiger partial charge in [0.25, 0.3) is 0 Å². The first-order chi connectivity index (χ1) is 8.01. The van der Waals surface area contributed by atoms with Crippen molar-refractivity contribution in [2.75, 3.05) is 19.6 Å². The molecule has 0 bridgehead atoms. The highest BCUT2D eigenvalue weighted by molar-refractivity contribution is 4.98. The van der Waals surface area contributed by atoms with Crippen LogP contribution in [0.2, 0.25) is 0 Å². The molecule has 0 spiro atoms. The Bertz CT molecular complexity index is 243. The van der Waals surface area contributed by atoms with Crippen molar-refractivity contribution in [2.45, 2.75) is 59.0 Å². The highest BCUT2D eigenvalue weighted by Crippen LogP contribution is 2.54. The van der Waals surface area contributed by atoms with Crippen molar-refractivity contribution in [3.8, 4) is 0 Å². The molecular formula is C15H29NO. The van der Waals surface area contributed by atoms with Crippen LogP contribution in [-0.4, -0.2) is 35.7 Å². The van der Waals surface area contributed by atoms with Crippen LogP contribution in [0.5, 0.6) is 0 Å². The van der Waals surface area contributed by atoms with Gasteiger partial charge in [0.2, 0.25) is 0 Å². The molecule has 0 aromatic heterocycles. The molecule has 3 atom stereocenters. The van der Waals surface area contributed by atoms with Crippen molar-refractivity contribution in [1.29, 1.82) is 0 Å². The van der Waals surface area contributed by atoms with Gasteiger partial charge >= 0.3 is 0 Å². The summed E-state index contributed by atoms with van der Waals surface area (Å²) >= 11 is 0. The maximum atomic E-state index is 9.73. The number of piperidine rings is 1. The largest absolute Gasteiger partial charge is 0.393 e. The van der Waals surface area contributed by atoms with Crippen LogP contribution in [0, 0.1) is 17.3 Å². The Hall–Kier alpha value is -0.0800. The van der Waals surface area contributed by atoms with Gasteiger partial charge in [0, 0.05) is 0 Å². The molecule has 0 radical (unpaired) electrons. The predicted octanol–water partition coefficient (Wildman–Crippen LogP) is 2.91. The van der Waals surface area contributed by atoms with E-state index in [1.54, 1.807) is 0 Å². The summed E-state index contributed by atoms with van der Waals surface area (Å²) in [6, 6.07) is 0. The average molecular weight is 239 g/mol. The maximum Gasteiger partial charge on any atom is 0.0545 e. The summed E-state index contributed by atoms with van der Waals surface area (Å²) in [5, 5.41) is 9.73. The molecule has 2 rings (SSSR count). The van der Waals surface area contributed by atoms with Gasteiger partial charge in [-0.2, -0.15) is 0 Å². The van der Waals surface area contributed by atoms with Crippen LogP contribution in [0.4, 0.5) is 0 Å². The fourth-order valence-corrected chi connectivity index (χ4v) is 3.89. The van der Waals surface area contributed by atoms with Crippen molar-refractivity contribution < 1.29 is 5.11 Å². The number of hydrogen-bond acceptors (Lipinski definition) is 2. The fraction of sp³-hybridized carbons (Fsp3) is 1.00. The minimum absolute atomic E-state index is 0.128. The SMILES string of the molecule is CC(O)C1CC(CCN2CCCCC2)C1(C)C. The van der Waals surface area contributed by atoms with E-state index in [2.05, 4.69) is 18.7 Å². The summed E-state index contributed by atoms with van der Waals surface area (Å²) in [4.78, 5) is 2.63. The Morgan fingerprint density at radius 1 is 1.24 bits per heavy atom. The summed E-state index contributed by atoms with van der Waals surface area (Å²) in [6.45, 7) is 10.5. The van der Waals surface area contributed by atoms with E-state index in [0.717, 1.165) is 5.92 Å². The molecule has 17 heavy (non-hydrogen) atoms. The van der Waals surface area contributed by atoms with Gasteiger partial charge in [-0.05, 0) is 69.5 Å². The van der Waals surface area contributed by atoms with E-state index in [-0.39, 0.29) is 6.10 Å². The summed E-state index contributed by atoms with van der Waals surface area (Å²) < 4.78 is 0. The summed E-state index contributed by atoms with van der Waals surface area (Å²) in [5.74, 6) is 1.35. The highest BCUT2D eigenvalue weighted by atomic mass is 16.3. The van der Waals surface area contributed by atoms with Gasteiger partial charge in [-0.15, -0.1) is 0 Å². The number of likely N-dealkylation sites (tertiary alicyclic amines) is 1. The Kier molecular flexibility index (Phi) is 4.14. The van der Waals surface area contributed by atoms with Crippen molar-refractivity contribution in [1.82, 2.24) is 4.90 Å². The van der Waals surface area contributed by atoms with Crippen molar-refractivity contribution >= 4 is 0 Å². The van der Waals surface area contributed by atoms with Crippen molar-refractivity contribution in [3.63, 3.8) is 0 Å². The highest BCUT2D eigenvalue weighted by Gasteiger charge is 2.49. The molecule has 100 valence electrons. The predicted molar refractivity (Wildman–Crippen MR) is 72.0 cm³/mol. The molecule has 0 aromatic rings. The quantitative estimate of drug-likeness (QED) is 0.815. The lowest BCUT2D eigenvalue weighted by molar-refractivity contribution is -0.0930. The zero-order chi connectivity index (χ0) is 12.5. The molecule has 1 heterocycles. The third kappa shape index (κ3) is 2.85. The molecule has 2 heteroatoms. The lowest BCUT2D eigenvalue weighted by Crippen LogP contribution is -2.50. The standard InChI is InChI=1S/C15H29NO/c1-12(17)14-11-13(15(14,2)3)7-10-16-8-5-4-6-9-16/h12-14,17H,4-11H2,1-3H3. The molecule has 2 aliphatic rings. The summed E-state index contributed by atoms with van der Waals surface area (Å²) in [5.41, 5.74) is 0.351. The zero-order valence-electron chi connectivity index (χ0n) is 11.8. The lowest BCUT2D eigenvalue weighted by Gasteiger charge is -2.54. The second-order valence-corrected chi connectivity index (χ2v) is 6.79. The third-order valence-corrected chi connectivity index (χ3v) is 5.37. The minimum atomic E-state index is -0.128. The Balaban J connectivity index is 1.74. The molecule has 0 amide bonds. The van der Waals surface area contributed by atoms with Gasteiger partial charge in [-0.25, -0.2) is 0 Å². The number of hydrogen-bond donors (Lipinski definition) is 1. The van der Waals surface area contributed by atoms with Crippen LogP contribution in [0.3, 0.4) is 0 Å². The Labute approximate surface area is 106 Å². The van der Waals surface area contributed by atoms with Crippen LogP contribution in [0.1, 0.15) is 52.9 Å². The van der Waals surface area contributed by atoms with Crippen LogP contribution in [0.15, 0.2) is 0 Å². The molecule has 1 aliphatic heterocycles. The molecular weight excluding hydrogens is 210 g/mol. The van der Waals surface area contributed by atoms with Gasteiger partial charge in [-0.3, -0.25) is 0 Å². The second-order valence-electron chi connectivity index (χ2n) is 6.79. The summed E-state index contributed by atoms with van der Waals surface area (Å²) in [7, 11) is 0. The van der Waals surface area contributed by atoms with E-state index in [9.17, 15) is 5.11 Å².